The van der Waals surface area contributed by atoms with Crippen molar-refractivity contribution >= 4 is 12.3 Å². The van der Waals surface area contributed by atoms with Crippen LogP contribution in [0.15, 0.2) is 0 Å². The largest absolute Gasteiger partial charge is 0.460 e. The number of unbranched alkanes of at least 4 members (excludes halogenated alkanes) is 15. The lowest BCUT2D eigenvalue weighted by Crippen LogP contribution is -2.24. The van der Waals surface area contributed by atoms with Crippen molar-refractivity contribution in [2.45, 2.75) is 148 Å². The van der Waals surface area contributed by atoms with E-state index in [9.17, 15) is 9.59 Å². The first kappa shape index (κ1) is 30.1. The molecule has 0 radical (unpaired) electrons. The number of rotatable bonds is 25. The Morgan fingerprint density at radius 2 is 1.19 bits per heavy atom. The van der Waals surface area contributed by atoms with Gasteiger partial charge in [0, 0.05) is 19.4 Å². The van der Waals surface area contributed by atoms with Crippen molar-refractivity contribution in [3.63, 3.8) is 0 Å². The predicted octanol–water partition coefficient (Wildman–Crippen LogP) is 7.96. The van der Waals surface area contributed by atoms with Gasteiger partial charge in [-0.15, -0.1) is 0 Å². The summed E-state index contributed by atoms with van der Waals surface area (Å²) in [6.45, 7) is 5.60. The monoisotopic (exact) mass is 440 g/mol. The van der Waals surface area contributed by atoms with E-state index in [1.807, 2.05) is 0 Å². The molecule has 0 aliphatic heterocycles. The van der Waals surface area contributed by atoms with Crippen LogP contribution in [0.25, 0.3) is 0 Å². The molecule has 0 aromatic heterocycles. The maximum Gasteiger partial charge on any atom is 0.306 e. The van der Waals surface area contributed by atoms with Gasteiger partial charge in [-0.25, -0.2) is 0 Å². The molecule has 0 aliphatic carbocycles. The summed E-state index contributed by atoms with van der Waals surface area (Å²) in [6.07, 6.45) is 23.4. The highest BCUT2D eigenvalue weighted by molar-refractivity contribution is 5.69. The minimum atomic E-state index is -0.287. The SMILES string of the molecule is CCCCCCCCCCCCOC[C@@H](CCC=O)OC(=O)CCCCCCCCC. The highest BCUT2D eigenvalue weighted by Gasteiger charge is 2.14. The van der Waals surface area contributed by atoms with Crippen LogP contribution < -0.4 is 0 Å². The molecule has 0 spiro atoms. The van der Waals surface area contributed by atoms with Gasteiger partial charge in [-0.05, 0) is 19.3 Å². The molecule has 4 heteroatoms. The maximum atomic E-state index is 12.1. The van der Waals surface area contributed by atoms with E-state index in [4.69, 9.17) is 9.47 Å². The Hall–Kier alpha value is -0.900. The van der Waals surface area contributed by atoms with E-state index in [-0.39, 0.29) is 12.1 Å². The molecule has 0 saturated carbocycles. The van der Waals surface area contributed by atoms with Crippen LogP contribution >= 0.6 is 0 Å². The number of hydrogen-bond acceptors (Lipinski definition) is 4. The van der Waals surface area contributed by atoms with Crippen molar-refractivity contribution in [3.8, 4) is 0 Å². The van der Waals surface area contributed by atoms with Crippen LogP contribution in [0, 0.1) is 0 Å². The number of ether oxygens (including phenoxy) is 2. The third-order valence-corrected chi connectivity index (χ3v) is 5.84. The number of carbonyl (C=O) groups is 2. The van der Waals surface area contributed by atoms with E-state index in [2.05, 4.69) is 13.8 Å². The Labute approximate surface area is 193 Å². The number of aldehydes is 1. The second kappa shape index (κ2) is 25.4. The second-order valence-electron chi connectivity index (χ2n) is 8.98. The van der Waals surface area contributed by atoms with Gasteiger partial charge in [0.2, 0.25) is 0 Å². The maximum absolute atomic E-state index is 12.1. The third kappa shape index (κ3) is 23.6. The molecule has 0 rings (SSSR count). The Kier molecular flexibility index (Phi) is 24.6. The molecule has 0 saturated heterocycles. The average molecular weight is 441 g/mol. The molecule has 0 N–H and O–H groups in total. The van der Waals surface area contributed by atoms with E-state index in [0.29, 0.717) is 32.5 Å². The fourth-order valence-electron chi connectivity index (χ4n) is 3.81. The second-order valence-corrected chi connectivity index (χ2v) is 8.98. The fourth-order valence-corrected chi connectivity index (χ4v) is 3.81. The van der Waals surface area contributed by atoms with Crippen LogP contribution in [0.5, 0.6) is 0 Å². The molecule has 0 aliphatic rings. The summed E-state index contributed by atoms with van der Waals surface area (Å²) in [5.74, 6) is -0.146. The fraction of sp³-hybridized carbons (Fsp3) is 0.926. The number of hydrogen-bond donors (Lipinski definition) is 0. The zero-order valence-corrected chi connectivity index (χ0v) is 20.8. The normalized spacial score (nSPS) is 12.1. The predicted molar refractivity (Wildman–Crippen MR) is 130 cm³/mol. The Balaban J connectivity index is 3.69. The first-order valence-corrected chi connectivity index (χ1v) is 13.4. The van der Waals surface area contributed by atoms with Gasteiger partial charge in [-0.1, -0.05) is 110 Å². The van der Waals surface area contributed by atoms with Gasteiger partial charge in [0.15, 0.2) is 0 Å². The minimum absolute atomic E-state index is 0.146. The molecule has 4 nitrogen and oxygen atoms in total. The molecule has 0 aromatic rings. The standard InChI is InChI=1S/C27H52O4/c1-3-5-7-9-11-12-13-15-17-19-24-30-25-26(21-20-23-28)31-27(29)22-18-16-14-10-8-6-4-2/h23,26H,3-22,24-25H2,1-2H3/t26-/m1/s1. The Bertz CT molecular complexity index is 383. The smallest absolute Gasteiger partial charge is 0.306 e. The van der Waals surface area contributed by atoms with E-state index in [1.165, 1.54) is 89.9 Å². The molecule has 0 bridgehead atoms. The van der Waals surface area contributed by atoms with Crippen molar-refractivity contribution in [2.75, 3.05) is 13.2 Å². The van der Waals surface area contributed by atoms with Gasteiger partial charge in [-0.3, -0.25) is 4.79 Å². The van der Waals surface area contributed by atoms with Crippen molar-refractivity contribution in [2.24, 2.45) is 0 Å². The average Bonchev–Trinajstić information content (AvgIpc) is 2.77. The first-order valence-electron chi connectivity index (χ1n) is 13.4. The minimum Gasteiger partial charge on any atom is -0.460 e. The summed E-state index contributed by atoms with van der Waals surface area (Å²) < 4.78 is 11.3. The zero-order chi connectivity index (χ0) is 22.8. The Morgan fingerprint density at radius 3 is 1.71 bits per heavy atom. The topological polar surface area (TPSA) is 52.6 Å². The summed E-state index contributed by atoms with van der Waals surface area (Å²) in [6, 6.07) is 0. The van der Waals surface area contributed by atoms with Gasteiger partial charge in [0.1, 0.15) is 12.4 Å². The van der Waals surface area contributed by atoms with Gasteiger partial charge < -0.3 is 14.3 Å². The molecule has 0 amide bonds. The highest BCUT2D eigenvalue weighted by Crippen LogP contribution is 2.12. The lowest BCUT2D eigenvalue weighted by molar-refractivity contribution is -0.153. The molecule has 0 heterocycles. The van der Waals surface area contributed by atoms with Crippen molar-refractivity contribution in [1.29, 1.82) is 0 Å². The van der Waals surface area contributed by atoms with Crippen LogP contribution in [0.1, 0.15) is 142 Å². The van der Waals surface area contributed by atoms with E-state index < -0.39 is 0 Å². The van der Waals surface area contributed by atoms with Crippen LogP contribution in [-0.4, -0.2) is 31.6 Å². The lowest BCUT2D eigenvalue weighted by Gasteiger charge is -2.17. The van der Waals surface area contributed by atoms with Crippen molar-refractivity contribution in [3.05, 3.63) is 0 Å². The molecule has 1 atom stereocenters. The number of esters is 1. The molecule has 31 heavy (non-hydrogen) atoms. The van der Waals surface area contributed by atoms with E-state index in [0.717, 1.165) is 25.5 Å². The number of carbonyl (C=O) groups excluding carboxylic acids is 2. The molecular weight excluding hydrogens is 388 g/mol. The highest BCUT2D eigenvalue weighted by atomic mass is 16.6. The van der Waals surface area contributed by atoms with Crippen molar-refractivity contribution < 1.29 is 19.1 Å². The van der Waals surface area contributed by atoms with Crippen LogP contribution in [-0.2, 0) is 19.1 Å². The molecule has 184 valence electrons. The van der Waals surface area contributed by atoms with Crippen molar-refractivity contribution in [1.82, 2.24) is 0 Å². The summed E-state index contributed by atoms with van der Waals surface area (Å²) in [7, 11) is 0. The van der Waals surface area contributed by atoms with Crippen LogP contribution in [0.4, 0.5) is 0 Å². The van der Waals surface area contributed by atoms with Gasteiger partial charge in [0.25, 0.3) is 0 Å². The Morgan fingerprint density at radius 1 is 0.710 bits per heavy atom. The first-order chi connectivity index (χ1) is 15.2. The van der Waals surface area contributed by atoms with E-state index >= 15 is 0 Å². The molecule has 0 fully saturated rings. The zero-order valence-electron chi connectivity index (χ0n) is 20.8. The van der Waals surface area contributed by atoms with Gasteiger partial charge >= 0.3 is 5.97 Å². The molecule has 0 unspecified atom stereocenters. The summed E-state index contributed by atoms with van der Waals surface area (Å²) >= 11 is 0. The summed E-state index contributed by atoms with van der Waals surface area (Å²) in [5, 5.41) is 0. The van der Waals surface area contributed by atoms with Crippen LogP contribution in [0.2, 0.25) is 0 Å². The quantitative estimate of drug-likeness (QED) is 0.0820. The molecule has 0 aromatic carbocycles. The van der Waals surface area contributed by atoms with Gasteiger partial charge in [0.05, 0.1) is 6.61 Å². The lowest BCUT2D eigenvalue weighted by atomic mass is 10.1. The summed E-state index contributed by atoms with van der Waals surface area (Å²) in [5.41, 5.74) is 0. The summed E-state index contributed by atoms with van der Waals surface area (Å²) in [4.78, 5) is 22.8. The van der Waals surface area contributed by atoms with Gasteiger partial charge in [-0.2, -0.15) is 0 Å². The van der Waals surface area contributed by atoms with E-state index in [1.54, 1.807) is 0 Å². The molecular formula is C27H52O4. The van der Waals surface area contributed by atoms with Crippen LogP contribution in [0.3, 0.4) is 0 Å². The third-order valence-electron chi connectivity index (χ3n) is 5.84.